The maximum absolute atomic E-state index is 6.52. The van der Waals surface area contributed by atoms with E-state index >= 15 is 0 Å². The van der Waals surface area contributed by atoms with E-state index in [4.69, 9.17) is 17.7 Å². The molecule has 22 aromatic carbocycles. The van der Waals surface area contributed by atoms with Crippen molar-refractivity contribution in [2.75, 3.05) is 0 Å². The Hall–Kier alpha value is -16.9. The van der Waals surface area contributed by atoms with Crippen LogP contribution in [0.25, 0.3) is 220 Å². The standard InChI is InChI=1S/2C65H42O2/c1-39-30-34-41(35-31-39)65(42-36-32-40(2)33-37-42)55-24-6-3-14-49(55)62-52(23-11-25-56(62)65)61-47-19-9-17-43(45-21-12-28-59-63(45)50-15-4-7-26-57(50)66-59)53(47)38-54-44(18-10-20-48(54)61)46-22-13-29-60-64(46)51-16-5-8-27-58(51)67-60;1-39-24-30-43(31-25-39)65(44-32-26-40(2)27-33-44)57-20-6-3-14-51(57)64-52(19-11-21-58(64)65)63-49-17-9-15-45(41-28-34-61-55(36-41)47-12-4-7-22-59(47)66-61)53(49)38-54-46(16-10-18-50(54)63)42-29-35-62-56(37-42)48-13-5-8-23-60(48)67-62/h2*3-38H,1-2H3. The van der Waals surface area contributed by atoms with Gasteiger partial charge in [0.15, 0.2) is 0 Å². The molecule has 628 valence electrons. The fourth-order valence-electron chi connectivity index (χ4n) is 23.5. The minimum atomic E-state index is -0.546. The Labute approximate surface area is 774 Å². The van der Waals surface area contributed by atoms with Crippen LogP contribution in [0.15, 0.2) is 454 Å². The fourth-order valence-corrected chi connectivity index (χ4v) is 23.5. The summed E-state index contributed by atoms with van der Waals surface area (Å²) in [5, 5.41) is 18.6. The van der Waals surface area contributed by atoms with Crippen molar-refractivity contribution in [3.05, 3.63) is 504 Å². The van der Waals surface area contributed by atoms with Crippen LogP contribution < -0.4 is 0 Å². The van der Waals surface area contributed by atoms with Crippen molar-refractivity contribution in [1.82, 2.24) is 0 Å². The Morgan fingerprint density at radius 2 is 0.403 bits per heavy atom. The number of furan rings is 4. The molecule has 0 saturated carbocycles. The van der Waals surface area contributed by atoms with E-state index in [1.807, 2.05) is 12.1 Å². The number of para-hydroxylation sites is 4. The van der Waals surface area contributed by atoms with Gasteiger partial charge in [0.2, 0.25) is 0 Å². The first-order chi connectivity index (χ1) is 66.1. The zero-order chi connectivity index (χ0) is 88.8. The third-order valence-corrected chi connectivity index (χ3v) is 29.5. The summed E-state index contributed by atoms with van der Waals surface area (Å²) in [7, 11) is 0. The van der Waals surface area contributed by atoms with Gasteiger partial charge in [-0.1, -0.05) is 386 Å². The molecule has 4 nitrogen and oxygen atoms in total. The summed E-state index contributed by atoms with van der Waals surface area (Å²) in [6, 6.07) is 162. The molecule has 2 aliphatic rings. The third kappa shape index (κ3) is 11.4. The van der Waals surface area contributed by atoms with Gasteiger partial charge in [-0.15, -0.1) is 0 Å². The zero-order valence-electron chi connectivity index (χ0n) is 74.2. The molecule has 0 amide bonds. The molecule has 28 rings (SSSR count). The maximum atomic E-state index is 6.52. The monoisotopic (exact) mass is 1710 g/mol. The third-order valence-electron chi connectivity index (χ3n) is 29.5. The lowest BCUT2D eigenvalue weighted by Gasteiger charge is -2.34. The Kier molecular flexibility index (Phi) is 17.1. The highest BCUT2D eigenvalue weighted by Gasteiger charge is 2.49. The van der Waals surface area contributed by atoms with Crippen molar-refractivity contribution in [2.24, 2.45) is 0 Å². The summed E-state index contributed by atoms with van der Waals surface area (Å²) in [6.07, 6.45) is 0. The van der Waals surface area contributed by atoms with Gasteiger partial charge in [-0.25, -0.2) is 0 Å². The molecule has 0 spiro atoms. The van der Waals surface area contributed by atoms with E-state index in [0.29, 0.717) is 0 Å². The molecule has 0 bridgehead atoms. The fraction of sp³-hybridized carbons (Fsp3) is 0.0462. The molecule has 4 heterocycles. The Morgan fingerprint density at radius 1 is 0.149 bits per heavy atom. The van der Waals surface area contributed by atoms with Gasteiger partial charge in [0, 0.05) is 43.1 Å². The second kappa shape index (κ2) is 29.8. The number of hydrogen-bond donors (Lipinski definition) is 0. The van der Waals surface area contributed by atoms with Crippen LogP contribution in [-0.2, 0) is 10.8 Å². The average molecular weight is 1710 g/mol. The maximum Gasteiger partial charge on any atom is 0.136 e. The van der Waals surface area contributed by atoms with Crippen molar-refractivity contribution in [3.63, 3.8) is 0 Å². The number of rotatable bonds is 10. The van der Waals surface area contributed by atoms with E-state index < -0.39 is 10.8 Å². The van der Waals surface area contributed by atoms with Gasteiger partial charge < -0.3 is 17.7 Å². The predicted molar refractivity (Wildman–Crippen MR) is 558 cm³/mol. The normalized spacial score (nSPS) is 13.0. The first-order valence-corrected chi connectivity index (χ1v) is 46.5. The van der Waals surface area contributed by atoms with Crippen LogP contribution in [-0.4, -0.2) is 0 Å². The van der Waals surface area contributed by atoms with Gasteiger partial charge in [-0.05, 0) is 277 Å². The Bertz CT molecular complexity index is 8980. The second-order valence-electron chi connectivity index (χ2n) is 36.8. The SMILES string of the molecule is Cc1ccc(C2(c3ccc(C)cc3)c3ccccc3-c3c(-c4c5cccc(-c6ccc7oc8ccccc8c7c6)c5cc5c(-c6ccc7oc8ccccc8c7c6)cccc45)cccc32)cc1.Cc1ccc(C2(c3ccc(C)cc3)c3ccccc3-c3c(-c4c5cccc(-c6cccc7oc8ccccc8c67)c5cc5c(-c6cccc7oc8ccccc8c67)cccc45)cccc32)cc1. The molecule has 2 aliphatic carbocycles. The molecule has 0 N–H and O–H groups in total. The van der Waals surface area contributed by atoms with E-state index in [1.54, 1.807) is 0 Å². The largest absolute Gasteiger partial charge is 0.456 e. The molecule has 0 saturated heterocycles. The van der Waals surface area contributed by atoms with Crippen molar-refractivity contribution in [1.29, 1.82) is 0 Å². The summed E-state index contributed by atoms with van der Waals surface area (Å²) in [4.78, 5) is 0. The molecule has 4 aromatic heterocycles. The van der Waals surface area contributed by atoms with Crippen LogP contribution in [0.5, 0.6) is 0 Å². The predicted octanol–water partition coefficient (Wildman–Crippen LogP) is 35.5. The Balaban J connectivity index is 0.000000136. The number of aryl methyl sites for hydroxylation is 4. The summed E-state index contributed by atoms with van der Waals surface area (Å²) < 4.78 is 25.7. The highest BCUT2D eigenvalue weighted by atomic mass is 16.3. The van der Waals surface area contributed by atoms with Gasteiger partial charge in [-0.3, -0.25) is 0 Å². The van der Waals surface area contributed by atoms with Crippen molar-refractivity contribution in [3.8, 4) is 89.0 Å². The van der Waals surface area contributed by atoms with E-state index in [-0.39, 0.29) is 0 Å². The number of benzene rings is 22. The molecule has 26 aromatic rings. The molecule has 0 radical (unpaired) electrons. The first kappa shape index (κ1) is 77.1. The van der Waals surface area contributed by atoms with Crippen molar-refractivity contribution >= 4 is 131 Å². The highest BCUT2D eigenvalue weighted by molar-refractivity contribution is 6.27. The number of hydrogen-bond acceptors (Lipinski definition) is 4. The van der Waals surface area contributed by atoms with Gasteiger partial charge in [0.1, 0.15) is 44.7 Å². The summed E-state index contributed by atoms with van der Waals surface area (Å²) in [6.45, 7) is 8.71. The van der Waals surface area contributed by atoms with Crippen LogP contribution in [0, 0.1) is 27.7 Å². The second-order valence-corrected chi connectivity index (χ2v) is 36.8. The molecule has 134 heavy (non-hydrogen) atoms. The van der Waals surface area contributed by atoms with Crippen molar-refractivity contribution < 1.29 is 17.7 Å². The lowest BCUT2D eigenvalue weighted by atomic mass is 9.67. The minimum absolute atomic E-state index is 0.536. The van der Waals surface area contributed by atoms with Gasteiger partial charge in [0.05, 0.1) is 10.8 Å². The van der Waals surface area contributed by atoms with Gasteiger partial charge >= 0.3 is 0 Å². The van der Waals surface area contributed by atoms with E-state index in [0.717, 1.165) is 110 Å². The van der Waals surface area contributed by atoms with Crippen LogP contribution in [0.2, 0.25) is 0 Å². The van der Waals surface area contributed by atoms with Crippen molar-refractivity contribution in [2.45, 2.75) is 38.5 Å². The van der Waals surface area contributed by atoms with Crippen LogP contribution in [0.4, 0.5) is 0 Å². The summed E-state index contributed by atoms with van der Waals surface area (Å²) in [5.74, 6) is 0. The van der Waals surface area contributed by atoms with Gasteiger partial charge in [0.25, 0.3) is 0 Å². The average Bonchev–Trinajstić information content (AvgIpc) is 1.53. The first-order valence-electron chi connectivity index (χ1n) is 46.5. The topological polar surface area (TPSA) is 52.6 Å². The van der Waals surface area contributed by atoms with E-state index in [9.17, 15) is 0 Å². The Morgan fingerprint density at radius 3 is 0.784 bits per heavy atom. The molecule has 0 atom stereocenters. The molecule has 0 fully saturated rings. The van der Waals surface area contributed by atoms with E-state index in [2.05, 4.69) is 452 Å². The lowest BCUT2D eigenvalue weighted by Crippen LogP contribution is -2.28. The summed E-state index contributed by atoms with van der Waals surface area (Å²) >= 11 is 0. The molecular weight excluding hydrogens is 1630 g/mol. The molecule has 0 unspecified atom stereocenters. The highest BCUT2D eigenvalue weighted by Crippen LogP contribution is 2.63. The summed E-state index contributed by atoms with van der Waals surface area (Å²) in [5.41, 5.74) is 40.6. The lowest BCUT2D eigenvalue weighted by molar-refractivity contribution is 0.668. The van der Waals surface area contributed by atoms with E-state index in [1.165, 1.54) is 177 Å². The zero-order valence-corrected chi connectivity index (χ0v) is 74.2. The molecule has 4 heteroatoms. The molecule has 0 aliphatic heterocycles. The number of fused-ring (bicyclic) bond motifs is 22. The quantitative estimate of drug-likeness (QED) is 0.128. The van der Waals surface area contributed by atoms with Crippen LogP contribution in [0.1, 0.15) is 66.8 Å². The minimum Gasteiger partial charge on any atom is -0.456 e. The van der Waals surface area contributed by atoms with Gasteiger partial charge in [-0.2, -0.15) is 0 Å². The van der Waals surface area contributed by atoms with Crippen LogP contribution >= 0.6 is 0 Å². The molecular formula is C130H84O4. The smallest absolute Gasteiger partial charge is 0.136 e. The van der Waals surface area contributed by atoms with Crippen LogP contribution in [0.3, 0.4) is 0 Å².